The molecule has 1 aliphatic heterocycles. The van der Waals surface area contributed by atoms with Gasteiger partial charge in [0.25, 0.3) is 5.91 Å². The topological polar surface area (TPSA) is 75.6 Å². The molecule has 1 aromatic carbocycles. The van der Waals surface area contributed by atoms with Gasteiger partial charge in [0.1, 0.15) is 24.3 Å². The third-order valence-corrected chi connectivity index (χ3v) is 5.86. The van der Waals surface area contributed by atoms with E-state index in [1.165, 1.54) is 6.33 Å². The van der Waals surface area contributed by atoms with Crippen LogP contribution in [0.3, 0.4) is 0 Å². The maximum Gasteiger partial charge on any atom is 0.257 e. The molecule has 1 atom stereocenters. The van der Waals surface area contributed by atoms with Gasteiger partial charge in [-0.1, -0.05) is 11.6 Å². The summed E-state index contributed by atoms with van der Waals surface area (Å²) < 4.78 is 5.89. The third kappa shape index (κ3) is 4.62. The number of aryl methyl sites for hydroxylation is 3. The van der Waals surface area contributed by atoms with E-state index in [1.54, 1.807) is 18.0 Å². The molecule has 7 heteroatoms. The first-order valence-corrected chi connectivity index (χ1v) is 9.85. The van der Waals surface area contributed by atoms with Gasteiger partial charge in [-0.25, -0.2) is 9.97 Å². The fourth-order valence-corrected chi connectivity index (χ4v) is 3.61. The van der Waals surface area contributed by atoms with Crippen LogP contribution in [0.1, 0.15) is 46.4 Å². The second-order valence-corrected chi connectivity index (χ2v) is 7.93. The standard InChI is InChI=1S/C21H26ClN3O3/c1-14-9-17(10-15(2)19(14)22)28-12-21(27)5-4-7-25(8-6-21)20(26)18-11-23-13-24-16(18)3/h9-11,13,27H,4-8,12H2,1-3H3. The lowest BCUT2D eigenvalue weighted by Crippen LogP contribution is -2.38. The number of hydrogen-bond donors (Lipinski definition) is 1. The van der Waals surface area contributed by atoms with Gasteiger partial charge in [0.15, 0.2) is 0 Å². The number of benzene rings is 1. The SMILES string of the molecule is Cc1cc(OCC2(O)CCCN(C(=O)c3cncnc3C)CC2)cc(C)c1Cl. The van der Waals surface area contributed by atoms with Gasteiger partial charge in [-0.15, -0.1) is 0 Å². The molecule has 0 spiro atoms. The van der Waals surface area contributed by atoms with Crippen LogP contribution in [0.25, 0.3) is 0 Å². The minimum Gasteiger partial charge on any atom is -0.491 e. The Labute approximate surface area is 170 Å². The summed E-state index contributed by atoms with van der Waals surface area (Å²) in [5.41, 5.74) is 2.09. The molecule has 2 heterocycles. The Bertz CT molecular complexity index is 851. The summed E-state index contributed by atoms with van der Waals surface area (Å²) in [6, 6.07) is 3.76. The second-order valence-electron chi connectivity index (χ2n) is 7.55. The molecular formula is C21H26ClN3O3. The molecule has 0 radical (unpaired) electrons. The van der Waals surface area contributed by atoms with E-state index >= 15 is 0 Å². The molecule has 0 saturated carbocycles. The van der Waals surface area contributed by atoms with Crippen molar-refractivity contribution in [3.8, 4) is 5.75 Å². The van der Waals surface area contributed by atoms with E-state index in [9.17, 15) is 9.90 Å². The highest BCUT2D eigenvalue weighted by Crippen LogP contribution is 2.28. The Balaban J connectivity index is 1.64. The van der Waals surface area contributed by atoms with E-state index in [1.807, 2.05) is 26.0 Å². The van der Waals surface area contributed by atoms with E-state index in [0.29, 0.717) is 49.4 Å². The van der Waals surface area contributed by atoms with Crippen molar-refractivity contribution in [1.82, 2.24) is 14.9 Å². The fraction of sp³-hybridized carbons (Fsp3) is 0.476. The quantitative estimate of drug-likeness (QED) is 0.845. The maximum atomic E-state index is 12.8. The van der Waals surface area contributed by atoms with Crippen molar-refractivity contribution in [2.24, 2.45) is 0 Å². The lowest BCUT2D eigenvalue weighted by Gasteiger charge is -2.27. The van der Waals surface area contributed by atoms with E-state index in [0.717, 1.165) is 16.1 Å². The van der Waals surface area contributed by atoms with Crippen LogP contribution in [-0.4, -0.2) is 51.2 Å². The predicted molar refractivity (Wildman–Crippen MR) is 108 cm³/mol. The van der Waals surface area contributed by atoms with Crippen LogP contribution in [0.5, 0.6) is 5.75 Å². The van der Waals surface area contributed by atoms with Crippen molar-refractivity contribution in [3.05, 3.63) is 52.1 Å². The van der Waals surface area contributed by atoms with Crippen LogP contribution >= 0.6 is 11.6 Å². The average molecular weight is 404 g/mol. The molecule has 1 fully saturated rings. The Morgan fingerprint density at radius 1 is 1.25 bits per heavy atom. The van der Waals surface area contributed by atoms with Gasteiger partial charge < -0.3 is 14.7 Å². The zero-order valence-corrected chi connectivity index (χ0v) is 17.3. The first-order valence-electron chi connectivity index (χ1n) is 9.47. The smallest absolute Gasteiger partial charge is 0.257 e. The molecule has 150 valence electrons. The van der Waals surface area contributed by atoms with Gasteiger partial charge in [0, 0.05) is 24.3 Å². The zero-order chi connectivity index (χ0) is 20.3. The van der Waals surface area contributed by atoms with Crippen LogP contribution in [0, 0.1) is 20.8 Å². The van der Waals surface area contributed by atoms with Crippen molar-refractivity contribution in [2.75, 3.05) is 19.7 Å². The summed E-state index contributed by atoms with van der Waals surface area (Å²) in [6.45, 7) is 6.90. The van der Waals surface area contributed by atoms with Crippen LogP contribution in [-0.2, 0) is 0 Å². The lowest BCUT2D eigenvalue weighted by molar-refractivity contribution is -0.0163. The molecule has 3 rings (SSSR count). The summed E-state index contributed by atoms with van der Waals surface area (Å²) >= 11 is 6.20. The number of amides is 1. The molecule has 1 aliphatic rings. The molecule has 1 aromatic heterocycles. The number of halogens is 1. The molecule has 0 aliphatic carbocycles. The van der Waals surface area contributed by atoms with Crippen LogP contribution in [0.15, 0.2) is 24.7 Å². The Hall–Kier alpha value is -2.18. The number of ether oxygens (including phenoxy) is 1. The minimum absolute atomic E-state index is 0.0905. The zero-order valence-electron chi connectivity index (χ0n) is 16.5. The molecule has 1 unspecified atom stereocenters. The highest BCUT2D eigenvalue weighted by Gasteiger charge is 2.33. The molecular weight excluding hydrogens is 378 g/mol. The minimum atomic E-state index is -0.974. The first kappa shape index (κ1) is 20.6. The van der Waals surface area contributed by atoms with Crippen LogP contribution in [0.4, 0.5) is 0 Å². The van der Waals surface area contributed by atoms with Crippen LogP contribution in [0.2, 0.25) is 5.02 Å². The van der Waals surface area contributed by atoms with Gasteiger partial charge in [0.05, 0.1) is 11.3 Å². The van der Waals surface area contributed by atoms with Crippen molar-refractivity contribution < 1.29 is 14.6 Å². The summed E-state index contributed by atoms with van der Waals surface area (Å²) in [4.78, 5) is 22.6. The number of hydrogen-bond acceptors (Lipinski definition) is 5. The molecule has 0 bridgehead atoms. The number of carbonyl (C=O) groups excluding carboxylic acids is 1. The highest BCUT2D eigenvalue weighted by molar-refractivity contribution is 6.32. The van der Waals surface area contributed by atoms with E-state index in [4.69, 9.17) is 16.3 Å². The van der Waals surface area contributed by atoms with Gasteiger partial charge in [-0.2, -0.15) is 0 Å². The first-order chi connectivity index (χ1) is 13.3. The largest absolute Gasteiger partial charge is 0.491 e. The molecule has 1 N–H and O–H groups in total. The van der Waals surface area contributed by atoms with Gasteiger partial charge in [-0.3, -0.25) is 4.79 Å². The van der Waals surface area contributed by atoms with Crippen molar-refractivity contribution in [3.63, 3.8) is 0 Å². The Morgan fingerprint density at radius 2 is 1.96 bits per heavy atom. The van der Waals surface area contributed by atoms with E-state index in [-0.39, 0.29) is 12.5 Å². The summed E-state index contributed by atoms with van der Waals surface area (Å²) in [7, 11) is 0. The number of rotatable bonds is 4. The maximum absolute atomic E-state index is 12.8. The molecule has 28 heavy (non-hydrogen) atoms. The predicted octanol–water partition coefficient (Wildman–Crippen LogP) is 3.49. The van der Waals surface area contributed by atoms with Gasteiger partial charge in [-0.05, 0) is 63.3 Å². The number of aromatic nitrogens is 2. The number of aliphatic hydroxyl groups is 1. The Morgan fingerprint density at radius 3 is 2.64 bits per heavy atom. The second kappa shape index (κ2) is 8.45. The van der Waals surface area contributed by atoms with E-state index < -0.39 is 5.60 Å². The fourth-order valence-electron chi connectivity index (χ4n) is 3.50. The molecule has 1 saturated heterocycles. The van der Waals surface area contributed by atoms with Gasteiger partial charge in [0.2, 0.25) is 0 Å². The van der Waals surface area contributed by atoms with Crippen molar-refractivity contribution >= 4 is 17.5 Å². The number of likely N-dealkylation sites (tertiary alicyclic amines) is 1. The van der Waals surface area contributed by atoms with Crippen LogP contribution < -0.4 is 4.74 Å². The molecule has 1 amide bonds. The summed E-state index contributed by atoms with van der Waals surface area (Å²) in [5.74, 6) is 0.606. The normalized spacial score (nSPS) is 20.0. The lowest BCUT2D eigenvalue weighted by atomic mass is 9.96. The van der Waals surface area contributed by atoms with Crippen molar-refractivity contribution in [1.29, 1.82) is 0 Å². The average Bonchev–Trinajstić information content (AvgIpc) is 2.86. The third-order valence-electron chi connectivity index (χ3n) is 5.26. The Kier molecular flexibility index (Phi) is 6.20. The number of carbonyl (C=O) groups is 1. The van der Waals surface area contributed by atoms with Gasteiger partial charge >= 0.3 is 0 Å². The van der Waals surface area contributed by atoms with Crippen molar-refractivity contribution in [2.45, 2.75) is 45.6 Å². The summed E-state index contributed by atoms with van der Waals surface area (Å²) in [5, 5.41) is 11.7. The number of nitrogens with zero attached hydrogens (tertiary/aromatic N) is 3. The highest BCUT2D eigenvalue weighted by atomic mass is 35.5. The molecule has 6 nitrogen and oxygen atoms in total. The van der Waals surface area contributed by atoms with E-state index in [2.05, 4.69) is 9.97 Å². The molecule has 2 aromatic rings. The summed E-state index contributed by atoms with van der Waals surface area (Å²) in [6.07, 6.45) is 4.72. The monoisotopic (exact) mass is 403 g/mol.